The summed E-state index contributed by atoms with van der Waals surface area (Å²) in [6, 6.07) is 13.5. The summed E-state index contributed by atoms with van der Waals surface area (Å²) >= 11 is 0. The van der Waals surface area contributed by atoms with E-state index in [1.165, 1.54) is 25.3 Å². The second kappa shape index (κ2) is 7.06. The minimum atomic E-state index is -0.720. The fourth-order valence-electron chi connectivity index (χ4n) is 2.50. The number of rotatable bonds is 5. The Morgan fingerprint density at radius 3 is 2.62 bits per heavy atom. The molecule has 2 N–H and O–H groups in total. The first-order valence-corrected chi connectivity index (χ1v) is 7.63. The first kappa shape index (κ1) is 17.2. The Labute approximate surface area is 148 Å². The van der Waals surface area contributed by atoms with Gasteiger partial charge in [0.15, 0.2) is 11.2 Å². The van der Waals surface area contributed by atoms with Gasteiger partial charge >= 0.3 is 5.97 Å². The van der Waals surface area contributed by atoms with Crippen LogP contribution in [0.3, 0.4) is 0 Å². The van der Waals surface area contributed by atoms with Crippen molar-refractivity contribution < 1.29 is 19.2 Å². The van der Waals surface area contributed by atoms with Crippen LogP contribution in [0.15, 0.2) is 48.5 Å². The average Bonchev–Trinajstić information content (AvgIpc) is 2.65. The number of non-ortho nitro benzene ring substituents is 1. The number of hydrogen-bond donors (Lipinski definition) is 1. The molecule has 0 spiro atoms. The van der Waals surface area contributed by atoms with Crippen molar-refractivity contribution >= 4 is 28.2 Å². The molecule has 26 heavy (non-hydrogen) atoms. The summed E-state index contributed by atoms with van der Waals surface area (Å²) < 4.78 is 10.5. The summed E-state index contributed by atoms with van der Waals surface area (Å²) in [5.74, 6) is -0.461. The zero-order valence-electron chi connectivity index (χ0n) is 13.8. The molecule has 0 radical (unpaired) electrons. The average molecular weight is 353 g/mol. The Hall–Kier alpha value is -3.68. The van der Waals surface area contributed by atoms with E-state index in [0.29, 0.717) is 5.39 Å². The third kappa shape index (κ3) is 3.39. The molecule has 0 aliphatic heterocycles. The molecule has 0 unspecified atom stereocenters. The molecule has 132 valence electrons. The van der Waals surface area contributed by atoms with Crippen LogP contribution >= 0.6 is 0 Å². The molecular weight excluding hydrogens is 338 g/mol. The number of methoxy groups -OCH3 is 1. The number of ether oxygens (including phenoxy) is 2. The van der Waals surface area contributed by atoms with Gasteiger partial charge in [-0.25, -0.2) is 9.78 Å². The number of pyridine rings is 1. The normalized spacial score (nSPS) is 10.5. The second-order valence-electron chi connectivity index (χ2n) is 5.46. The molecule has 0 saturated heterocycles. The van der Waals surface area contributed by atoms with Gasteiger partial charge in [0.25, 0.3) is 5.69 Å². The molecule has 3 rings (SSSR count). The summed E-state index contributed by atoms with van der Waals surface area (Å²) in [6.45, 7) is 0.211. The fraction of sp³-hybridized carbons (Fsp3) is 0.111. The maximum atomic E-state index is 11.9. The van der Waals surface area contributed by atoms with Crippen molar-refractivity contribution in [1.29, 1.82) is 0 Å². The van der Waals surface area contributed by atoms with Gasteiger partial charge in [0.05, 0.1) is 17.4 Å². The molecule has 0 bridgehead atoms. The molecule has 8 heteroatoms. The van der Waals surface area contributed by atoms with E-state index in [9.17, 15) is 14.9 Å². The molecule has 1 aromatic heterocycles. The highest BCUT2D eigenvalue weighted by Crippen LogP contribution is 2.34. The van der Waals surface area contributed by atoms with Crippen molar-refractivity contribution in [3.8, 4) is 5.75 Å². The van der Waals surface area contributed by atoms with Crippen molar-refractivity contribution in [1.82, 2.24) is 4.98 Å². The predicted molar refractivity (Wildman–Crippen MR) is 94.9 cm³/mol. The molecule has 0 amide bonds. The number of nitrogen functional groups attached to an aromatic ring is 1. The van der Waals surface area contributed by atoms with E-state index in [1.807, 2.05) is 30.3 Å². The third-order valence-corrected chi connectivity index (χ3v) is 3.71. The van der Waals surface area contributed by atoms with Gasteiger partial charge in [-0.2, -0.15) is 0 Å². The second-order valence-corrected chi connectivity index (χ2v) is 5.46. The van der Waals surface area contributed by atoms with Gasteiger partial charge in [-0.15, -0.1) is 0 Å². The topological polar surface area (TPSA) is 118 Å². The molecule has 0 aliphatic rings. The molecule has 0 aliphatic carbocycles. The van der Waals surface area contributed by atoms with Crippen LogP contribution in [0.1, 0.15) is 16.1 Å². The van der Waals surface area contributed by atoms with Gasteiger partial charge in [-0.1, -0.05) is 30.3 Å². The number of hydrogen-bond acceptors (Lipinski definition) is 7. The number of benzene rings is 2. The Kier molecular flexibility index (Phi) is 4.66. The van der Waals surface area contributed by atoms with Crippen LogP contribution in [-0.4, -0.2) is 23.0 Å². The Balaban J connectivity index is 2.15. The number of carbonyl (C=O) groups excluding carboxylic acids is 1. The van der Waals surface area contributed by atoms with E-state index >= 15 is 0 Å². The lowest BCUT2D eigenvalue weighted by atomic mass is 10.1. The lowest BCUT2D eigenvalue weighted by Crippen LogP contribution is -2.07. The molecule has 8 nitrogen and oxygen atoms in total. The van der Waals surface area contributed by atoms with Crippen LogP contribution in [0.5, 0.6) is 5.75 Å². The third-order valence-electron chi connectivity index (χ3n) is 3.71. The largest absolute Gasteiger partial charge is 0.488 e. The van der Waals surface area contributed by atoms with E-state index in [2.05, 4.69) is 9.72 Å². The number of anilines is 1. The summed E-state index contributed by atoms with van der Waals surface area (Å²) in [5, 5.41) is 11.7. The van der Waals surface area contributed by atoms with Crippen LogP contribution in [0.2, 0.25) is 0 Å². The summed E-state index contributed by atoms with van der Waals surface area (Å²) in [6.07, 6.45) is 0. The van der Waals surface area contributed by atoms with Gasteiger partial charge in [0, 0.05) is 17.8 Å². The minimum Gasteiger partial charge on any atom is -0.488 e. The lowest BCUT2D eigenvalue weighted by molar-refractivity contribution is -0.383. The molecule has 1 heterocycles. The monoisotopic (exact) mass is 353 g/mol. The number of nitro groups is 1. The highest BCUT2D eigenvalue weighted by molar-refractivity contribution is 5.99. The van der Waals surface area contributed by atoms with E-state index in [4.69, 9.17) is 10.5 Å². The van der Waals surface area contributed by atoms with Crippen LogP contribution in [-0.2, 0) is 11.3 Å². The summed E-state index contributed by atoms with van der Waals surface area (Å²) in [4.78, 5) is 26.7. The summed E-state index contributed by atoms with van der Waals surface area (Å²) in [7, 11) is 1.20. The molecule has 0 fully saturated rings. The molecule has 3 aromatic rings. The summed E-state index contributed by atoms with van der Waals surface area (Å²) in [5.41, 5.74) is 6.49. The lowest BCUT2D eigenvalue weighted by Gasteiger charge is -2.12. The molecule has 0 atom stereocenters. The van der Waals surface area contributed by atoms with Gasteiger partial charge in [-0.3, -0.25) is 10.1 Å². The minimum absolute atomic E-state index is 0.00941. The van der Waals surface area contributed by atoms with Gasteiger partial charge in [0.1, 0.15) is 12.4 Å². The number of nitrogens with zero attached hydrogens (tertiary/aromatic N) is 2. The maximum absolute atomic E-state index is 11.9. The number of nitro benzene ring substituents is 1. The quantitative estimate of drug-likeness (QED) is 0.324. The van der Waals surface area contributed by atoms with Gasteiger partial charge < -0.3 is 15.2 Å². The Morgan fingerprint density at radius 1 is 1.23 bits per heavy atom. The number of carbonyl (C=O) groups is 1. The SMILES string of the molecule is COC(=O)c1cc(OCc2ccccc2)c2cc(N)cc([N+](=O)[O-])c2n1. The maximum Gasteiger partial charge on any atom is 0.356 e. The highest BCUT2D eigenvalue weighted by atomic mass is 16.6. The van der Waals surface area contributed by atoms with E-state index < -0.39 is 10.9 Å². The van der Waals surface area contributed by atoms with Crippen LogP contribution in [0, 0.1) is 10.1 Å². The number of fused-ring (bicyclic) bond motifs is 1. The van der Waals surface area contributed by atoms with Crippen molar-refractivity contribution in [2.24, 2.45) is 0 Å². The molecule has 2 aromatic carbocycles. The Bertz CT molecular complexity index is 989. The van der Waals surface area contributed by atoms with Crippen molar-refractivity contribution in [3.63, 3.8) is 0 Å². The van der Waals surface area contributed by atoms with Crippen LogP contribution < -0.4 is 10.5 Å². The molecular formula is C18H15N3O5. The van der Waals surface area contributed by atoms with E-state index in [-0.39, 0.29) is 34.9 Å². The van der Waals surface area contributed by atoms with Crippen LogP contribution in [0.25, 0.3) is 10.9 Å². The number of aromatic nitrogens is 1. The predicted octanol–water partition coefficient (Wildman–Crippen LogP) is 3.09. The smallest absolute Gasteiger partial charge is 0.356 e. The van der Waals surface area contributed by atoms with E-state index in [0.717, 1.165) is 5.56 Å². The first-order chi connectivity index (χ1) is 12.5. The Morgan fingerprint density at radius 2 is 1.96 bits per heavy atom. The van der Waals surface area contributed by atoms with E-state index in [1.54, 1.807) is 0 Å². The highest BCUT2D eigenvalue weighted by Gasteiger charge is 2.21. The zero-order chi connectivity index (χ0) is 18.7. The number of esters is 1. The standard InChI is InChI=1S/C18H15N3O5/c1-25-18(22)14-9-16(26-10-11-5-3-2-4-6-11)13-7-12(19)8-15(21(23)24)17(13)20-14/h2-9H,10,19H2,1H3. The molecule has 0 saturated carbocycles. The fourth-order valence-corrected chi connectivity index (χ4v) is 2.50. The van der Waals surface area contributed by atoms with Crippen LogP contribution in [0.4, 0.5) is 11.4 Å². The van der Waals surface area contributed by atoms with Gasteiger partial charge in [-0.05, 0) is 11.6 Å². The first-order valence-electron chi connectivity index (χ1n) is 7.63. The zero-order valence-corrected chi connectivity index (χ0v) is 13.8. The number of nitrogens with two attached hydrogens (primary N) is 1. The van der Waals surface area contributed by atoms with Crippen molar-refractivity contribution in [3.05, 3.63) is 69.9 Å². The van der Waals surface area contributed by atoms with Gasteiger partial charge in [0.2, 0.25) is 0 Å². The van der Waals surface area contributed by atoms with Crippen molar-refractivity contribution in [2.75, 3.05) is 12.8 Å². The van der Waals surface area contributed by atoms with Crippen molar-refractivity contribution in [2.45, 2.75) is 6.61 Å².